The molecule has 0 unspecified atom stereocenters. The maximum atomic E-state index is 6.11. The summed E-state index contributed by atoms with van der Waals surface area (Å²) in [6, 6.07) is 19.1. The first kappa shape index (κ1) is 17.8. The fourth-order valence-corrected chi connectivity index (χ4v) is 3.36. The topological polar surface area (TPSA) is 34.5 Å². The van der Waals surface area contributed by atoms with Crippen molar-refractivity contribution in [1.82, 2.24) is 4.98 Å². The van der Waals surface area contributed by atoms with E-state index in [4.69, 9.17) is 28.0 Å². The predicted molar refractivity (Wildman–Crippen MR) is 104 cm³/mol. The molecule has 0 spiro atoms. The minimum absolute atomic E-state index is 0.272. The Kier molecular flexibility index (Phi) is 6.34. The molecule has 25 heavy (non-hydrogen) atoms. The Hall–Kier alpha value is -2.01. The molecule has 6 heteroatoms. The number of rotatable bonds is 6. The quantitative estimate of drug-likeness (QED) is 0.378. The molecule has 0 N–H and O–H groups in total. The molecule has 0 saturated carbocycles. The molecule has 1 aromatic heterocycles. The molecule has 126 valence electrons. The summed E-state index contributed by atoms with van der Waals surface area (Å²) in [6.45, 7) is 0.272. The summed E-state index contributed by atoms with van der Waals surface area (Å²) in [6.07, 6.45) is 3.42. The van der Waals surface area contributed by atoms with E-state index in [-0.39, 0.29) is 6.61 Å². The molecule has 0 bridgehead atoms. The van der Waals surface area contributed by atoms with Crippen LogP contribution in [0.1, 0.15) is 11.1 Å². The molecule has 1 heterocycles. The average Bonchev–Trinajstić information content (AvgIpc) is 2.62. The second kappa shape index (κ2) is 8.90. The first-order valence-corrected chi connectivity index (χ1v) is 9.07. The van der Waals surface area contributed by atoms with Crippen LogP contribution < -0.4 is 0 Å². The van der Waals surface area contributed by atoms with Crippen molar-refractivity contribution in [2.45, 2.75) is 16.5 Å². The van der Waals surface area contributed by atoms with Crippen LogP contribution in [0.25, 0.3) is 0 Å². The molecule has 0 aliphatic rings. The van der Waals surface area contributed by atoms with Crippen molar-refractivity contribution < 1.29 is 4.84 Å². The van der Waals surface area contributed by atoms with Gasteiger partial charge in [0.1, 0.15) is 11.6 Å². The Bertz CT molecular complexity index is 872. The van der Waals surface area contributed by atoms with Crippen molar-refractivity contribution in [3.8, 4) is 0 Å². The van der Waals surface area contributed by atoms with Crippen LogP contribution in [0.4, 0.5) is 0 Å². The van der Waals surface area contributed by atoms with Gasteiger partial charge in [0, 0.05) is 32.3 Å². The summed E-state index contributed by atoms with van der Waals surface area (Å²) in [4.78, 5) is 10.9. The molecule has 0 aliphatic carbocycles. The van der Waals surface area contributed by atoms with Gasteiger partial charge in [0.15, 0.2) is 0 Å². The van der Waals surface area contributed by atoms with E-state index in [1.54, 1.807) is 36.3 Å². The van der Waals surface area contributed by atoms with Crippen molar-refractivity contribution in [2.24, 2.45) is 5.16 Å². The van der Waals surface area contributed by atoms with Crippen LogP contribution in [0.3, 0.4) is 0 Å². The first-order chi connectivity index (χ1) is 12.2. The number of aromatic nitrogens is 1. The van der Waals surface area contributed by atoms with Gasteiger partial charge in [-0.15, -0.1) is 0 Å². The first-order valence-electron chi connectivity index (χ1n) is 7.49. The van der Waals surface area contributed by atoms with Crippen LogP contribution in [0.5, 0.6) is 0 Å². The smallest absolute Gasteiger partial charge is 0.143 e. The van der Waals surface area contributed by atoms with Crippen molar-refractivity contribution in [3.63, 3.8) is 0 Å². The van der Waals surface area contributed by atoms with Crippen molar-refractivity contribution >= 4 is 41.2 Å². The third-order valence-corrected chi connectivity index (χ3v) is 4.89. The average molecular weight is 389 g/mol. The molecule has 0 atom stereocenters. The van der Waals surface area contributed by atoms with E-state index in [9.17, 15) is 0 Å². The molecule has 3 aromatic rings. The van der Waals surface area contributed by atoms with Crippen molar-refractivity contribution in [2.75, 3.05) is 0 Å². The van der Waals surface area contributed by atoms with Crippen LogP contribution in [-0.4, -0.2) is 11.2 Å². The van der Waals surface area contributed by atoms with E-state index >= 15 is 0 Å². The summed E-state index contributed by atoms with van der Waals surface area (Å²) in [5, 5.41) is 6.05. The maximum absolute atomic E-state index is 6.11. The van der Waals surface area contributed by atoms with E-state index in [2.05, 4.69) is 10.1 Å². The lowest BCUT2D eigenvalue weighted by atomic mass is 10.2. The normalized spacial score (nSPS) is 11.0. The molecule has 0 fully saturated rings. The van der Waals surface area contributed by atoms with Gasteiger partial charge in [-0.2, -0.15) is 0 Å². The summed E-state index contributed by atoms with van der Waals surface area (Å²) in [7, 11) is 0. The summed E-state index contributed by atoms with van der Waals surface area (Å²) >= 11 is 13.6. The maximum Gasteiger partial charge on any atom is 0.143 e. The van der Waals surface area contributed by atoms with Crippen molar-refractivity contribution in [1.29, 1.82) is 0 Å². The Morgan fingerprint density at radius 1 is 1.04 bits per heavy atom. The van der Waals surface area contributed by atoms with Gasteiger partial charge in [-0.05, 0) is 36.4 Å². The lowest BCUT2D eigenvalue weighted by Crippen LogP contribution is -1.92. The number of hydrogen-bond donors (Lipinski definition) is 0. The van der Waals surface area contributed by atoms with Gasteiger partial charge in [0.25, 0.3) is 0 Å². The SMILES string of the molecule is Clc1ccc(CO/N=C\c2cccnc2Sc2ccccc2)c(Cl)c1. The fourth-order valence-electron chi connectivity index (χ4n) is 2.03. The number of halogens is 2. The summed E-state index contributed by atoms with van der Waals surface area (Å²) in [5.41, 5.74) is 1.71. The minimum Gasteiger partial charge on any atom is -0.391 e. The monoisotopic (exact) mass is 388 g/mol. The molecular formula is C19H14Cl2N2OS. The second-order valence-corrected chi connectivity index (χ2v) is 6.96. The van der Waals surface area contributed by atoms with Crippen molar-refractivity contribution in [3.05, 3.63) is 88.0 Å². The van der Waals surface area contributed by atoms with Crippen LogP contribution in [0.15, 0.2) is 81.9 Å². The molecule has 0 aliphatic heterocycles. The number of benzene rings is 2. The Labute approximate surface area is 160 Å². The van der Waals surface area contributed by atoms with Gasteiger partial charge in [0.2, 0.25) is 0 Å². The molecule has 0 amide bonds. The van der Waals surface area contributed by atoms with E-state index < -0.39 is 0 Å². The van der Waals surface area contributed by atoms with Gasteiger partial charge in [-0.1, -0.05) is 64.4 Å². The highest BCUT2D eigenvalue weighted by Crippen LogP contribution is 2.27. The highest BCUT2D eigenvalue weighted by atomic mass is 35.5. The minimum atomic E-state index is 0.272. The van der Waals surface area contributed by atoms with Gasteiger partial charge in [0.05, 0.1) is 6.21 Å². The van der Waals surface area contributed by atoms with E-state index in [1.807, 2.05) is 48.5 Å². The largest absolute Gasteiger partial charge is 0.391 e. The van der Waals surface area contributed by atoms with Crippen LogP contribution in [0.2, 0.25) is 10.0 Å². The lowest BCUT2D eigenvalue weighted by Gasteiger charge is -2.05. The zero-order valence-electron chi connectivity index (χ0n) is 13.1. The van der Waals surface area contributed by atoms with Gasteiger partial charge in [-0.3, -0.25) is 0 Å². The Morgan fingerprint density at radius 2 is 1.88 bits per heavy atom. The third kappa shape index (κ3) is 5.23. The molecule has 3 nitrogen and oxygen atoms in total. The number of hydrogen-bond acceptors (Lipinski definition) is 4. The highest BCUT2D eigenvalue weighted by Gasteiger charge is 2.04. The third-order valence-electron chi connectivity index (χ3n) is 3.26. The van der Waals surface area contributed by atoms with Gasteiger partial charge in [-0.25, -0.2) is 4.98 Å². The number of oxime groups is 1. The standard InChI is InChI=1S/C19H14Cl2N2OS/c20-16-9-8-15(18(21)11-16)13-24-23-12-14-5-4-10-22-19(14)25-17-6-2-1-3-7-17/h1-12H,13H2/b23-12-. The van der Waals surface area contributed by atoms with E-state index in [1.165, 1.54) is 0 Å². The number of pyridine rings is 1. The van der Waals surface area contributed by atoms with Crippen LogP contribution in [-0.2, 0) is 11.4 Å². The zero-order chi connectivity index (χ0) is 17.5. The molecular weight excluding hydrogens is 375 g/mol. The molecule has 2 aromatic carbocycles. The second-order valence-electron chi connectivity index (χ2n) is 5.06. The van der Waals surface area contributed by atoms with Gasteiger partial charge >= 0.3 is 0 Å². The zero-order valence-corrected chi connectivity index (χ0v) is 15.4. The molecule has 0 radical (unpaired) electrons. The Balaban J connectivity index is 1.65. The fraction of sp³-hybridized carbons (Fsp3) is 0.0526. The summed E-state index contributed by atoms with van der Waals surface area (Å²) < 4.78 is 0. The lowest BCUT2D eigenvalue weighted by molar-refractivity contribution is 0.132. The Morgan fingerprint density at radius 3 is 2.68 bits per heavy atom. The number of nitrogens with zero attached hydrogens (tertiary/aromatic N) is 2. The van der Waals surface area contributed by atoms with E-state index in [0.29, 0.717) is 10.0 Å². The molecule has 0 saturated heterocycles. The van der Waals surface area contributed by atoms with E-state index in [0.717, 1.165) is 21.0 Å². The van der Waals surface area contributed by atoms with Crippen LogP contribution in [0, 0.1) is 0 Å². The molecule has 3 rings (SSSR count). The summed E-state index contributed by atoms with van der Waals surface area (Å²) in [5.74, 6) is 0. The highest BCUT2D eigenvalue weighted by molar-refractivity contribution is 7.99. The van der Waals surface area contributed by atoms with Crippen LogP contribution >= 0.6 is 35.0 Å². The van der Waals surface area contributed by atoms with Gasteiger partial charge < -0.3 is 4.84 Å². The predicted octanol–water partition coefficient (Wildman–Crippen LogP) is 6.09.